The molecule has 0 saturated carbocycles. The first-order chi connectivity index (χ1) is 15.0. The highest BCUT2D eigenvalue weighted by atomic mass is 32.2. The topological polar surface area (TPSA) is 66.5 Å². The maximum Gasteiger partial charge on any atom is 0.264 e. The fourth-order valence-electron chi connectivity index (χ4n) is 3.59. The Bertz CT molecular complexity index is 1150. The molecule has 31 heavy (non-hydrogen) atoms. The highest BCUT2D eigenvalue weighted by Crippen LogP contribution is 2.34. The van der Waals surface area contributed by atoms with Crippen LogP contribution in [0.3, 0.4) is 0 Å². The molecular weight excluding hydrogens is 428 g/mol. The van der Waals surface area contributed by atoms with Gasteiger partial charge in [-0.15, -0.1) is 11.8 Å². The lowest BCUT2D eigenvalue weighted by atomic mass is 10.0. The van der Waals surface area contributed by atoms with E-state index in [4.69, 9.17) is 0 Å². The van der Waals surface area contributed by atoms with Crippen LogP contribution in [0.4, 0.5) is 11.4 Å². The molecule has 0 atom stereocenters. The Labute approximate surface area is 187 Å². The Balaban J connectivity index is 1.47. The van der Waals surface area contributed by atoms with Gasteiger partial charge in [0.1, 0.15) is 0 Å². The molecule has 1 heterocycles. The second-order valence-corrected chi connectivity index (χ2v) is 10.3. The first-order valence-corrected chi connectivity index (χ1v) is 12.6. The van der Waals surface area contributed by atoms with Crippen molar-refractivity contribution >= 4 is 39.1 Å². The first kappa shape index (κ1) is 21.5. The van der Waals surface area contributed by atoms with E-state index in [0.29, 0.717) is 30.1 Å². The summed E-state index contributed by atoms with van der Waals surface area (Å²) in [4.78, 5) is 13.8. The molecule has 5 nitrogen and oxygen atoms in total. The summed E-state index contributed by atoms with van der Waals surface area (Å²) in [5, 5.41) is 2.92. The van der Waals surface area contributed by atoms with E-state index in [-0.39, 0.29) is 10.8 Å². The number of sulfonamides is 1. The van der Waals surface area contributed by atoms with Crippen LogP contribution in [0.2, 0.25) is 0 Å². The number of hydrogen-bond donors (Lipinski definition) is 1. The Morgan fingerprint density at radius 2 is 1.68 bits per heavy atom. The van der Waals surface area contributed by atoms with Gasteiger partial charge in [0, 0.05) is 29.3 Å². The van der Waals surface area contributed by atoms with Crippen molar-refractivity contribution in [1.82, 2.24) is 0 Å². The molecule has 1 amide bonds. The van der Waals surface area contributed by atoms with E-state index < -0.39 is 10.0 Å². The summed E-state index contributed by atoms with van der Waals surface area (Å²) in [6.45, 7) is 0.426. The molecule has 0 aliphatic carbocycles. The van der Waals surface area contributed by atoms with E-state index in [9.17, 15) is 13.2 Å². The molecule has 3 aromatic rings. The highest BCUT2D eigenvalue weighted by molar-refractivity contribution is 7.99. The van der Waals surface area contributed by atoms with E-state index in [1.54, 1.807) is 48.2 Å². The molecule has 0 saturated heterocycles. The van der Waals surface area contributed by atoms with Crippen molar-refractivity contribution in [3.63, 3.8) is 0 Å². The number of anilines is 2. The average Bonchev–Trinajstić information content (AvgIpc) is 2.80. The number of fused-ring (bicyclic) bond motifs is 1. The Morgan fingerprint density at radius 3 is 2.42 bits per heavy atom. The van der Waals surface area contributed by atoms with Gasteiger partial charge in [-0.3, -0.25) is 9.10 Å². The smallest absolute Gasteiger partial charge is 0.264 e. The molecule has 0 fully saturated rings. The van der Waals surface area contributed by atoms with E-state index in [2.05, 4.69) is 5.32 Å². The molecule has 1 aliphatic rings. The number of rotatable bonds is 7. The van der Waals surface area contributed by atoms with Crippen LogP contribution in [0.15, 0.2) is 88.7 Å². The second kappa shape index (κ2) is 9.58. The summed E-state index contributed by atoms with van der Waals surface area (Å²) in [5.41, 5.74) is 2.23. The lowest BCUT2D eigenvalue weighted by Crippen LogP contribution is -2.35. The number of carbonyl (C=O) groups is 1. The third-order valence-electron chi connectivity index (χ3n) is 5.12. The molecule has 0 aromatic heterocycles. The number of aryl methyl sites for hydroxylation is 1. The second-order valence-electron chi connectivity index (χ2n) is 7.30. The molecule has 160 valence electrons. The summed E-state index contributed by atoms with van der Waals surface area (Å²) in [5.74, 6) is 0.589. The highest BCUT2D eigenvalue weighted by Gasteiger charge is 2.29. The molecule has 7 heteroatoms. The van der Waals surface area contributed by atoms with Gasteiger partial charge in [0.05, 0.1) is 10.6 Å². The summed E-state index contributed by atoms with van der Waals surface area (Å²) in [6.07, 6.45) is 1.96. The van der Waals surface area contributed by atoms with Crippen LogP contribution in [0, 0.1) is 0 Å². The zero-order chi connectivity index (χ0) is 21.7. The molecule has 0 bridgehead atoms. The van der Waals surface area contributed by atoms with Gasteiger partial charge in [-0.05, 0) is 54.8 Å². The van der Waals surface area contributed by atoms with Crippen LogP contribution >= 0.6 is 11.8 Å². The minimum atomic E-state index is -3.65. The zero-order valence-electron chi connectivity index (χ0n) is 17.0. The van der Waals surface area contributed by atoms with E-state index in [0.717, 1.165) is 23.3 Å². The summed E-state index contributed by atoms with van der Waals surface area (Å²) < 4.78 is 27.9. The van der Waals surface area contributed by atoms with Crippen molar-refractivity contribution in [2.24, 2.45) is 0 Å². The van der Waals surface area contributed by atoms with Gasteiger partial charge in [0.25, 0.3) is 10.0 Å². The van der Waals surface area contributed by atoms with E-state index >= 15 is 0 Å². The molecule has 1 N–H and O–H groups in total. The molecule has 3 aromatic carbocycles. The number of hydrogen-bond acceptors (Lipinski definition) is 4. The van der Waals surface area contributed by atoms with Crippen LogP contribution in [0.1, 0.15) is 18.4 Å². The molecular formula is C24H24N2O3S2. The quantitative estimate of drug-likeness (QED) is 0.515. The average molecular weight is 453 g/mol. The van der Waals surface area contributed by atoms with Crippen molar-refractivity contribution in [2.45, 2.75) is 29.1 Å². The van der Waals surface area contributed by atoms with Crippen LogP contribution in [0.5, 0.6) is 0 Å². The first-order valence-electron chi connectivity index (χ1n) is 10.2. The van der Waals surface area contributed by atoms with Crippen molar-refractivity contribution < 1.29 is 13.2 Å². The minimum absolute atomic E-state index is 0.0864. The largest absolute Gasteiger partial charge is 0.326 e. The Morgan fingerprint density at radius 1 is 0.968 bits per heavy atom. The standard InChI is InChI=1S/C24H24N2O3S2/c27-24(15-17-30-21-9-3-1-4-10-21)25-20-14-13-19-8-7-16-26(23(19)18-20)31(28,29)22-11-5-2-6-12-22/h1-6,9-14,18H,7-8,15-17H2,(H,25,27). The predicted molar refractivity (Wildman–Crippen MR) is 126 cm³/mol. The Kier molecular flexibility index (Phi) is 6.63. The number of carbonyl (C=O) groups excluding carboxylic acids is 1. The molecule has 0 unspecified atom stereocenters. The van der Waals surface area contributed by atoms with Gasteiger partial charge in [-0.2, -0.15) is 0 Å². The van der Waals surface area contributed by atoms with Crippen molar-refractivity contribution in [3.05, 3.63) is 84.4 Å². The maximum atomic E-state index is 13.2. The van der Waals surface area contributed by atoms with Gasteiger partial charge < -0.3 is 5.32 Å². The van der Waals surface area contributed by atoms with Gasteiger partial charge in [0.2, 0.25) is 5.91 Å². The third kappa shape index (κ3) is 5.11. The van der Waals surface area contributed by atoms with Crippen molar-refractivity contribution in [3.8, 4) is 0 Å². The minimum Gasteiger partial charge on any atom is -0.326 e. The fraction of sp³-hybridized carbons (Fsp3) is 0.208. The maximum absolute atomic E-state index is 13.2. The van der Waals surface area contributed by atoms with Crippen LogP contribution in [-0.2, 0) is 21.2 Å². The molecule has 4 rings (SSSR count). The lowest BCUT2D eigenvalue weighted by molar-refractivity contribution is -0.115. The fourth-order valence-corrected chi connectivity index (χ4v) is 6.02. The lowest BCUT2D eigenvalue weighted by Gasteiger charge is -2.31. The predicted octanol–water partition coefficient (Wildman–Crippen LogP) is 4.95. The molecule has 0 spiro atoms. The number of benzene rings is 3. The summed E-state index contributed by atoms with van der Waals surface area (Å²) in [6, 6.07) is 24.0. The summed E-state index contributed by atoms with van der Waals surface area (Å²) in [7, 11) is -3.65. The molecule has 0 radical (unpaired) electrons. The zero-order valence-corrected chi connectivity index (χ0v) is 18.7. The SMILES string of the molecule is O=C(CCSc1ccccc1)Nc1ccc2c(c1)N(S(=O)(=O)c1ccccc1)CCC2. The third-order valence-corrected chi connectivity index (χ3v) is 7.96. The summed E-state index contributed by atoms with van der Waals surface area (Å²) >= 11 is 1.64. The van der Waals surface area contributed by atoms with E-state index in [1.807, 2.05) is 42.5 Å². The van der Waals surface area contributed by atoms with Crippen LogP contribution in [-0.4, -0.2) is 26.6 Å². The number of thioether (sulfide) groups is 1. The number of nitrogens with one attached hydrogen (secondary N) is 1. The van der Waals surface area contributed by atoms with Crippen LogP contribution < -0.4 is 9.62 Å². The Hall–Kier alpha value is -2.77. The van der Waals surface area contributed by atoms with Gasteiger partial charge in [-0.1, -0.05) is 42.5 Å². The molecule has 1 aliphatic heterocycles. The van der Waals surface area contributed by atoms with Gasteiger partial charge >= 0.3 is 0 Å². The van der Waals surface area contributed by atoms with Gasteiger partial charge in [0.15, 0.2) is 0 Å². The van der Waals surface area contributed by atoms with E-state index in [1.165, 1.54) is 4.31 Å². The van der Waals surface area contributed by atoms with Crippen molar-refractivity contribution in [1.29, 1.82) is 0 Å². The normalized spacial score (nSPS) is 13.5. The van der Waals surface area contributed by atoms with Gasteiger partial charge in [-0.25, -0.2) is 8.42 Å². The van der Waals surface area contributed by atoms with Crippen LogP contribution in [0.25, 0.3) is 0 Å². The number of nitrogens with zero attached hydrogens (tertiary/aromatic N) is 1. The number of amides is 1. The van der Waals surface area contributed by atoms with Crippen molar-refractivity contribution in [2.75, 3.05) is 21.9 Å². The monoisotopic (exact) mass is 452 g/mol.